The molecule has 0 aromatic rings. The molecule has 0 aliphatic heterocycles. The largest absolute Gasteiger partial charge is 0.369 e. The Bertz CT molecular complexity index is 637. The standard InChI is InChI=1S/C22H29N/c1-6-18(2)12-13-19(3)20-14-16-22(4,17-15-20)23(5)21-10-8-7-9-11-21/h6-8,10,12-16H,3,9,11,17H2,1-2,4-5H3/b13-12-,18-6-. The lowest BCUT2D eigenvalue weighted by Gasteiger charge is -2.41. The van der Waals surface area contributed by atoms with Crippen molar-refractivity contribution in [2.75, 3.05) is 7.05 Å². The fourth-order valence-corrected chi connectivity index (χ4v) is 2.83. The zero-order valence-corrected chi connectivity index (χ0v) is 15.0. The highest BCUT2D eigenvalue weighted by Gasteiger charge is 2.29. The Labute approximate surface area is 141 Å². The number of hydrogen-bond donors (Lipinski definition) is 0. The van der Waals surface area contributed by atoms with Gasteiger partial charge in [-0.15, -0.1) is 0 Å². The van der Waals surface area contributed by atoms with Crippen LogP contribution in [0.3, 0.4) is 0 Å². The number of rotatable bonds is 5. The molecule has 2 rings (SSSR count). The molecule has 1 heteroatoms. The fourth-order valence-electron chi connectivity index (χ4n) is 2.83. The molecule has 2 aliphatic rings. The molecule has 0 radical (unpaired) electrons. The van der Waals surface area contributed by atoms with Crippen molar-refractivity contribution in [3.63, 3.8) is 0 Å². The molecule has 0 fully saturated rings. The number of nitrogens with zero attached hydrogens (tertiary/aromatic N) is 1. The Morgan fingerprint density at radius 3 is 2.70 bits per heavy atom. The van der Waals surface area contributed by atoms with Gasteiger partial charge in [0.25, 0.3) is 0 Å². The lowest BCUT2D eigenvalue weighted by atomic mass is 9.86. The zero-order chi connectivity index (χ0) is 16.9. The van der Waals surface area contributed by atoms with Gasteiger partial charge in [-0.3, -0.25) is 0 Å². The molecular formula is C22H29N. The first kappa shape index (κ1) is 17.3. The predicted molar refractivity (Wildman–Crippen MR) is 102 cm³/mol. The first-order valence-electron chi connectivity index (χ1n) is 8.45. The molecule has 0 bridgehead atoms. The minimum atomic E-state index is 0.0454. The summed E-state index contributed by atoms with van der Waals surface area (Å²) in [6.07, 6.45) is 23.1. The van der Waals surface area contributed by atoms with E-state index in [1.807, 2.05) is 0 Å². The summed E-state index contributed by atoms with van der Waals surface area (Å²) in [6.45, 7) is 10.7. The van der Waals surface area contributed by atoms with E-state index in [0.29, 0.717) is 0 Å². The highest BCUT2D eigenvalue weighted by atomic mass is 15.2. The molecule has 0 aromatic carbocycles. The Kier molecular flexibility index (Phi) is 5.65. The molecule has 0 N–H and O–H groups in total. The summed E-state index contributed by atoms with van der Waals surface area (Å²) in [4.78, 5) is 2.42. The normalized spacial score (nSPS) is 24.6. The molecule has 0 saturated carbocycles. The highest BCUT2D eigenvalue weighted by Crippen LogP contribution is 2.32. The van der Waals surface area contributed by atoms with Crippen LogP contribution in [-0.2, 0) is 0 Å². The van der Waals surface area contributed by atoms with Gasteiger partial charge in [-0.2, -0.15) is 0 Å². The lowest BCUT2D eigenvalue weighted by molar-refractivity contribution is 0.231. The maximum atomic E-state index is 4.20. The second-order valence-electron chi connectivity index (χ2n) is 6.63. The molecular weight excluding hydrogens is 278 g/mol. The van der Waals surface area contributed by atoms with Crippen molar-refractivity contribution in [3.8, 4) is 0 Å². The summed E-state index contributed by atoms with van der Waals surface area (Å²) in [7, 11) is 2.21. The fraction of sp³-hybridized carbons (Fsp3) is 0.364. The van der Waals surface area contributed by atoms with E-state index in [-0.39, 0.29) is 5.54 Å². The average molecular weight is 307 g/mol. The summed E-state index contributed by atoms with van der Waals surface area (Å²) >= 11 is 0. The predicted octanol–water partition coefficient (Wildman–Crippen LogP) is 5.88. The smallest absolute Gasteiger partial charge is 0.0588 e. The molecule has 122 valence electrons. The second kappa shape index (κ2) is 7.50. The molecule has 1 atom stereocenters. The van der Waals surface area contributed by atoms with Crippen molar-refractivity contribution < 1.29 is 0 Å². The van der Waals surface area contributed by atoms with Crippen molar-refractivity contribution in [1.82, 2.24) is 4.90 Å². The summed E-state index contributed by atoms with van der Waals surface area (Å²) in [5, 5.41) is 0. The van der Waals surface area contributed by atoms with Gasteiger partial charge in [0, 0.05) is 12.7 Å². The molecule has 0 amide bonds. The van der Waals surface area contributed by atoms with Gasteiger partial charge in [0.2, 0.25) is 0 Å². The van der Waals surface area contributed by atoms with Crippen LogP contribution >= 0.6 is 0 Å². The molecule has 23 heavy (non-hydrogen) atoms. The van der Waals surface area contributed by atoms with Crippen LogP contribution in [0.25, 0.3) is 0 Å². The Hall–Kier alpha value is -2.02. The van der Waals surface area contributed by atoms with Gasteiger partial charge in [-0.25, -0.2) is 0 Å². The Balaban J connectivity index is 2.06. The number of allylic oxidation sites excluding steroid dienone is 11. The summed E-state index contributed by atoms with van der Waals surface area (Å²) in [5.41, 5.74) is 5.02. The van der Waals surface area contributed by atoms with Crippen LogP contribution in [0.4, 0.5) is 0 Å². The van der Waals surface area contributed by atoms with Crippen molar-refractivity contribution in [3.05, 3.63) is 83.7 Å². The van der Waals surface area contributed by atoms with Crippen LogP contribution in [0.5, 0.6) is 0 Å². The van der Waals surface area contributed by atoms with Crippen LogP contribution in [-0.4, -0.2) is 17.5 Å². The molecule has 1 unspecified atom stereocenters. The van der Waals surface area contributed by atoms with E-state index < -0.39 is 0 Å². The van der Waals surface area contributed by atoms with E-state index in [2.05, 4.69) is 94.0 Å². The van der Waals surface area contributed by atoms with Crippen LogP contribution in [0.1, 0.15) is 40.0 Å². The molecule has 2 aliphatic carbocycles. The van der Waals surface area contributed by atoms with Crippen molar-refractivity contribution >= 4 is 0 Å². The van der Waals surface area contributed by atoms with E-state index in [9.17, 15) is 0 Å². The third kappa shape index (κ3) is 4.25. The number of hydrogen-bond acceptors (Lipinski definition) is 1. The SMILES string of the molecule is C=C(/C=C\C(C)=C/C)C1=CCC(C)(N(C)C2=CC=CCC2)C=C1. The molecule has 0 heterocycles. The second-order valence-corrected chi connectivity index (χ2v) is 6.63. The third-order valence-electron chi connectivity index (χ3n) is 4.92. The van der Waals surface area contributed by atoms with Crippen LogP contribution in [0.15, 0.2) is 83.7 Å². The van der Waals surface area contributed by atoms with Gasteiger partial charge in [-0.1, -0.05) is 60.8 Å². The molecule has 1 nitrogen and oxygen atoms in total. The van der Waals surface area contributed by atoms with Crippen molar-refractivity contribution in [2.45, 2.75) is 45.6 Å². The topological polar surface area (TPSA) is 3.24 Å². The highest BCUT2D eigenvalue weighted by molar-refractivity contribution is 5.48. The average Bonchev–Trinajstić information content (AvgIpc) is 2.60. The minimum Gasteiger partial charge on any atom is -0.369 e. The first-order chi connectivity index (χ1) is 11.0. The zero-order valence-electron chi connectivity index (χ0n) is 15.0. The van der Waals surface area contributed by atoms with Gasteiger partial charge >= 0.3 is 0 Å². The van der Waals surface area contributed by atoms with Gasteiger partial charge in [0.15, 0.2) is 0 Å². The number of likely N-dealkylation sites (N-methyl/N-ethyl adjacent to an activating group) is 1. The van der Waals surface area contributed by atoms with Gasteiger partial charge in [0.05, 0.1) is 5.54 Å². The lowest BCUT2D eigenvalue weighted by Crippen LogP contribution is -2.42. The van der Waals surface area contributed by atoms with Gasteiger partial charge in [-0.05, 0) is 57.3 Å². The van der Waals surface area contributed by atoms with Crippen molar-refractivity contribution in [2.24, 2.45) is 0 Å². The van der Waals surface area contributed by atoms with Crippen LogP contribution in [0, 0.1) is 0 Å². The van der Waals surface area contributed by atoms with E-state index in [0.717, 1.165) is 24.8 Å². The van der Waals surface area contributed by atoms with E-state index in [4.69, 9.17) is 0 Å². The minimum absolute atomic E-state index is 0.0454. The molecule has 0 saturated heterocycles. The Morgan fingerprint density at radius 1 is 1.35 bits per heavy atom. The quantitative estimate of drug-likeness (QED) is 0.574. The van der Waals surface area contributed by atoms with E-state index >= 15 is 0 Å². The van der Waals surface area contributed by atoms with Crippen LogP contribution < -0.4 is 0 Å². The molecule has 0 aromatic heterocycles. The summed E-state index contributed by atoms with van der Waals surface area (Å²) in [6, 6.07) is 0. The van der Waals surface area contributed by atoms with Gasteiger partial charge < -0.3 is 4.90 Å². The monoisotopic (exact) mass is 307 g/mol. The van der Waals surface area contributed by atoms with E-state index in [1.54, 1.807) is 0 Å². The Morgan fingerprint density at radius 2 is 2.13 bits per heavy atom. The summed E-state index contributed by atoms with van der Waals surface area (Å²) in [5.74, 6) is 0. The maximum absolute atomic E-state index is 4.20. The summed E-state index contributed by atoms with van der Waals surface area (Å²) < 4.78 is 0. The van der Waals surface area contributed by atoms with E-state index in [1.165, 1.54) is 16.8 Å². The molecule has 0 spiro atoms. The first-order valence-corrected chi connectivity index (χ1v) is 8.45. The van der Waals surface area contributed by atoms with Crippen molar-refractivity contribution in [1.29, 1.82) is 0 Å². The maximum Gasteiger partial charge on any atom is 0.0588 e. The third-order valence-corrected chi connectivity index (χ3v) is 4.92. The van der Waals surface area contributed by atoms with Crippen LogP contribution in [0.2, 0.25) is 0 Å². The van der Waals surface area contributed by atoms with Gasteiger partial charge in [0.1, 0.15) is 0 Å².